The van der Waals surface area contributed by atoms with Crippen LogP contribution in [0.4, 0.5) is 4.79 Å². The van der Waals surface area contributed by atoms with Gasteiger partial charge < -0.3 is 20.5 Å². The second kappa shape index (κ2) is 7.33. The first-order valence-corrected chi connectivity index (χ1v) is 6.84. The number of carbonyl (C=O) groups is 2. The molecule has 2 unspecified atom stereocenters. The number of ether oxygens (including phenoxy) is 1. The molecule has 3 N–H and O–H groups in total. The minimum Gasteiger partial charge on any atom is -0.481 e. The highest BCUT2D eigenvalue weighted by Crippen LogP contribution is 2.19. The third-order valence-electron chi connectivity index (χ3n) is 3.71. The van der Waals surface area contributed by atoms with E-state index in [1.165, 1.54) is 0 Å². The van der Waals surface area contributed by atoms with Crippen molar-refractivity contribution in [2.75, 3.05) is 19.7 Å². The lowest BCUT2D eigenvalue weighted by atomic mass is 9.88. The van der Waals surface area contributed by atoms with E-state index in [1.807, 2.05) is 0 Å². The zero-order valence-corrected chi connectivity index (χ0v) is 11.7. The molecule has 0 aliphatic carbocycles. The van der Waals surface area contributed by atoms with Gasteiger partial charge in [0, 0.05) is 19.7 Å². The van der Waals surface area contributed by atoms with Crippen LogP contribution in [0.15, 0.2) is 0 Å². The van der Waals surface area contributed by atoms with Crippen molar-refractivity contribution in [3.05, 3.63) is 0 Å². The van der Waals surface area contributed by atoms with Crippen molar-refractivity contribution in [3.63, 3.8) is 0 Å². The number of carbonyl (C=O) groups excluding carboxylic acids is 1. The molecule has 1 rings (SSSR count). The summed E-state index contributed by atoms with van der Waals surface area (Å²) in [5, 5.41) is 14.4. The number of nitrogens with one attached hydrogen (secondary N) is 2. The fraction of sp³-hybridized carbons (Fsp3) is 0.846. The van der Waals surface area contributed by atoms with E-state index in [0.717, 1.165) is 25.9 Å². The molecular formula is C13H24N2O4. The van der Waals surface area contributed by atoms with Crippen LogP contribution in [0.25, 0.3) is 0 Å². The summed E-state index contributed by atoms with van der Waals surface area (Å²) in [7, 11) is 0. The quantitative estimate of drug-likeness (QED) is 0.653. The van der Waals surface area contributed by atoms with Crippen LogP contribution in [0.2, 0.25) is 0 Å². The Balaban J connectivity index is 2.18. The van der Waals surface area contributed by atoms with E-state index in [-0.39, 0.29) is 18.7 Å². The highest BCUT2D eigenvalue weighted by atomic mass is 16.5. The molecule has 1 fully saturated rings. The van der Waals surface area contributed by atoms with Crippen molar-refractivity contribution >= 4 is 12.0 Å². The summed E-state index contributed by atoms with van der Waals surface area (Å²) >= 11 is 0. The average molecular weight is 272 g/mol. The fourth-order valence-corrected chi connectivity index (χ4v) is 1.91. The predicted octanol–water partition coefficient (Wildman–Crippen LogP) is 1.36. The summed E-state index contributed by atoms with van der Waals surface area (Å²) in [6, 6.07) is -0.320. The number of amides is 2. The lowest BCUT2D eigenvalue weighted by Crippen LogP contribution is -2.45. The molecule has 0 spiro atoms. The van der Waals surface area contributed by atoms with Gasteiger partial charge in [-0.1, -0.05) is 6.92 Å². The monoisotopic (exact) mass is 272 g/mol. The number of urea groups is 1. The molecular weight excluding hydrogens is 248 g/mol. The van der Waals surface area contributed by atoms with Crippen molar-refractivity contribution in [3.8, 4) is 0 Å². The molecule has 1 saturated heterocycles. The SMILES string of the molecule is CCC(C)(CNC(=O)NCCC1CCCO1)C(=O)O. The van der Waals surface area contributed by atoms with Crippen LogP contribution in [0, 0.1) is 5.41 Å². The first-order valence-electron chi connectivity index (χ1n) is 6.84. The van der Waals surface area contributed by atoms with Gasteiger partial charge in [0.1, 0.15) is 0 Å². The molecule has 19 heavy (non-hydrogen) atoms. The average Bonchev–Trinajstić information content (AvgIpc) is 2.89. The number of carboxylic acid groups (broad SMARTS) is 1. The van der Waals surface area contributed by atoms with E-state index in [9.17, 15) is 9.59 Å². The van der Waals surface area contributed by atoms with Gasteiger partial charge in [-0.15, -0.1) is 0 Å². The Bertz CT molecular complexity index is 316. The lowest BCUT2D eigenvalue weighted by Gasteiger charge is -2.23. The fourth-order valence-electron chi connectivity index (χ4n) is 1.91. The molecule has 2 atom stereocenters. The highest BCUT2D eigenvalue weighted by Gasteiger charge is 2.31. The zero-order valence-electron chi connectivity index (χ0n) is 11.7. The number of aliphatic carboxylic acids is 1. The van der Waals surface area contributed by atoms with E-state index in [4.69, 9.17) is 9.84 Å². The smallest absolute Gasteiger partial charge is 0.314 e. The van der Waals surface area contributed by atoms with Crippen molar-refractivity contribution < 1.29 is 19.4 Å². The van der Waals surface area contributed by atoms with E-state index in [1.54, 1.807) is 13.8 Å². The first kappa shape index (κ1) is 15.8. The summed E-state index contributed by atoms with van der Waals surface area (Å²) in [6.07, 6.45) is 3.66. The molecule has 1 aliphatic rings. The molecule has 6 nitrogen and oxygen atoms in total. The predicted molar refractivity (Wildman–Crippen MR) is 71.0 cm³/mol. The minimum atomic E-state index is -0.911. The molecule has 2 amide bonds. The molecule has 0 saturated carbocycles. The van der Waals surface area contributed by atoms with E-state index < -0.39 is 11.4 Å². The lowest BCUT2D eigenvalue weighted by molar-refractivity contribution is -0.147. The van der Waals surface area contributed by atoms with Gasteiger partial charge in [0.15, 0.2) is 0 Å². The van der Waals surface area contributed by atoms with Crippen molar-refractivity contribution in [1.82, 2.24) is 10.6 Å². The van der Waals surface area contributed by atoms with Crippen LogP contribution >= 0.6 is 0 Å². The van der Waals surface area contributed by atoms with Crippen molar-refractivity contribution in [1.29, 1.82) is 0 Å². The van der Waals surface area contributed by atoms with E-state index in [0.29, 0.717) is 13.0 Å². The van der Waals surface area contributed by atoms with Crippen LogP contribution in [0.5, 0.6) is 0 Å². The highest BCUT2D eigenvalue weighted by molar-refractivity contribution is 5.77. The van der Waals surface area contributed by atoms with Gasteiger partial charge in [0.2, 0.25) is 0 Å². The van der Waals surface area contributed by atoms with Gasteiger partial charge in [-0.3, -0.25) is 4.79 Å². The van der Waals surface area contributed by atoms with Gasteiger partial charge in [-0.25, -0.2) is 4.79 Å². The zero-order chi connectivity index (χ0) is 14.3. The number of hydrogen-bond acceptors (Lipinski definition) is 3. The summed E-state index contributed by atoms with van der Waals surface area (Å²) < 4.78 is 5.45. The third-order valence-corrected chi connectivity index (χ3v) is 3.71. The maximum absolute atomic E-state index is 11.5. The number of carboxylic acids is 1. The van der Waals surface area contributed by atoms with E-state index >= 15 is 0 Å². The summed E-state index contributed by atoms with van der Waals surface area (Å²) in [5.41, 5.74) is -0.911. The van der Waals surface area contributed by atoms with Crippen LogP contribution in [0.1, 0.15) is 39.5 Å². The Hall–Kier alpha value is -1.30. The topological polar surface area (TPSA) is 87.7 Å². The molecule has 0 aromatic carbocycles. The molecule has 1 heterocycles. The van der Waals surface area contributed by atoms with Crippen LogP contribution in [-0.4, -0.2) is 42.9 Å². The Morgan fingerprint density at radius 2 is 2.16 bits per heavy atom. The Morgan fingerprint density at radius 3 is 2.68 bits per heavy atom. The van der Waals surface area contributed by atoms with E-state index in [2.05, 4.69) is 10.6 Å². The second-order valence-electron chi connectivity index (χ2n) is 5.25. The minimum absolute atomic E-state index is 0.130. The van der Waals surface area contributed by atoms with Gasteiger partial charge in [-0.2, -0.15) is 0 Å². The Labute approximate surface area is 113 Å². The molecule has 1 aliphatic heterocycles. The number of hydrogen-bond donors (Lipinski definition) is 3. The standard InChI is InChI=1S/C13H24N2O4/c1-3-13(2,11(16)17)9-15-12(18)14-7-6-10-5-4-8-19-10/h10H,3-9H2,1-2H3,(H,16,17)(H2,14,15,18). The number of rotatable bonds is 7. The van der Waals surface area contributed by atoms with Gasteiger partial charge in [0.25, 0.3) is 0 Å². The van der Waals surface area contributed by atoms with Crippen LogP contribution < -0.4 is 10.6 Å². The molecule has 0 aromatic rings. The third kappa shape index (κ3) is 5.06. The van der Waals surface area contributed by atoms with Gasteiger partial charge >= 0.3 is 12.0 Å². The van der Waals surface area contributed by atoms with Crippen LogP contribution in [0.3, 0.4) is 0 Å². The maximum Gasteiger partial charge on any atom is 0.314 e. The van der Waals surface area contributed by atoms with Crippen molar-refractivity contribution in [2.24, 2.45) is 5.41 Å². The van der Waals surface area contributed by atoms with Gasteiger partial charge in [0.05, 0.1) is 11.5 Å². The molecule has 6 heteroatoms. The summed E-state index contributed by atoms with van der Waals surface area (Å²) in [6.45, 7) is 4.91. The molecule has 0 bridgehead atoms. The molecule has 0 aromatic heterocycles. The van der Waals surface area contributed by atoms with Crippen LogP contribution in [-0.2, 0) is 9.53 Å². The normalized spacial score (nSPS) is 21.7. The molecule has 110 valence electrons. The van der Waals surface area contributed by atoms with Crippen molar-refractivity contribution in [2.45, 2.75) is 45.6 Å². The molecule has 0 radical (unpaired) electrons. The second-order valence-corrected chi connectivity index (χ2v) is 5.25. The summed E-state index contributed by atoms with van der Waals surface area (Å²) in [4.78, 5) is 22.6. The summed E-state index contributed by atoms with van der Waals surface area (Å²) in [5.74, 6) is -0.894. The van der Waals surface area contributed by atoms with Gasteiger partial charge in [-0.05, 0) is 32.6 Å². The largest absolute Gasteiger partial charge is 0.481 e. The Kier molecular flexibility index (Phi) is 6.08. The first-order chi connectivity index (χ1) is 8.98. The Morgan fingerprint density at radius 1 is 1.42 bits per heavy atom. The maximum atomic E-state index is 11.5.